The Morgan fingerprint density at radius 1 is 1.10 bits per heavy atom. The number of ether oxygens (including phenoxy) is 1. The van der Waals surface area contributed by atoms with Crippen LogP contribution in [0.3, 0.4) is 0 Å². The van der Waals surface area contributed by atoms with Crippen LogP contribution in [-0.2, 0) is 0 Å². The summed E-state index contributed by atoms with van der Waals surface area (Å²) < 4.78 is 19.5. The Morgan fingerprint density at radius 3 is 2.65 bits per heavy atom. The highest BCUT2D eigenvalue weighted by Gasteiger charge is 2.13. The van der Waals surface area contributed by atoms with Gasteiger partial charge in [0.2, 0.25) is 5.88 Å². The van der Waals surface area contributed by atoms with Gasteiger partial charge >= 0.3 is 0 Å². The van der Waals surface area contributed by atoms with Gasteiger partial charge in [-0.3, -0.25) is 0 Å². The molecule has 0 radical (unpaired) electrons. The lowest BCUT2D eigenvalue weighted by Gasteiger charge is -2.11. The van der Waals surface area contributed by atoms with Gasteiger partial charge in [-0.15, -0.1) is 0 Å². The fourth-order valence-electron chi connectivity index (χ4n) is 2.43. The van der Waals surface area contributed by atoms with Crippen molar-refractivity contribution in [2.24, 2.45) is 0 Å². The lowest BCUT2D eigenvalue weighted by atomic mass is 9.99. The molecule has 0 aliphatic heterocycles. The van der Waals surface area contributed by atoms with Crippen LogP contribution in [0.15, 0.2) is 48.7 Å². The summed E-state index contributed by atoms with van der Waals surface area (Å²) in [5.74, 6) is 0.176. The smallest absolute Gasteiger partial charge is 0.221 e. The lowest BCUT2D eigenvalue weighted by molar-refractivity contribution is 0.403. The molecule has 1 aromatic heterocycles. The first kappa shape index (κ1) is 12.6. The first-order chi connectivity index (χ1) is 9.70. The number of hydrogen-bond acceptors (Lipinski definition) is 2. The zero-order valence-corrected chi connectivity index (χ0v) is 11.4. The van der Waals surface area contributed by atoms with E-state index in [0.29, 0.717) is 16.7 Å². The van der Waals surface area contributed by atoms with E-state index in [1.54, 1.807) is 19.4 Å². The normalized spacial score (nSPS) is 10.8. The molecule has 0 atom stereocenters. The molecule has 1 heterocycles. The second-order valence-corrected chi connectivity index (χ2v) is 4.71. The zero-order valence-electron chi connectivity index (χ0n) is 11.4. The Bertz CT molecular complexity index is 783. The van der Waals surface area contributed by atoms with Crippen LogP contribution in [0.2, 0.25) is 0 Å². The van der Waals surface area contributed by atoms with E-state index in [9.17, 15) is 4.39 Å². The number of hydrogen-bond donors (Lipinski definition) is 0. The second kappa shape index (κ2) is 4.93. The lowest BCUT2D eigenvalue weighted by Crippen LogP contribution is -1.93. The highest BCUT2D eigenvalue weighted by Crippen LogP contribution is 2.34. The van der Waals surface area contributed by atoms with Gasteiger partial charge < -0.3 is 4.74 Å². The van der Waals surface area contributed by atoms with Crippen LogP contribution in [0.25, 0.3) is 21.9 Å². The number of pyridine rings is 1. The number of halogens is 1. The second-order valence-electron chi connectivity index (χ2n) is 4.71. The molecule has 3 heteroatoms. The van der Waals surface area contributed by atoms with Gasteiger partial charge in [0.25, 0.3) is 0 Å². The molecule has 3 rings (SSSR count). The van der Waals surface area contributed by atoms with E-state index < -0.39 is 0 Å². The molecule has 0 saturated carbocycles. The summed E-state index contributed by atoms with van der Waals surface area (Å²) in [7, 11) is 1.54. The van der Waals surface area contributed by atoms with Crippen molar-refractivity contribution < 1.29 is 9.13 Å². The molecule has 0 spiro atoms. The van der Waals surface area contributed by atoms with Crippen molar-refractivity contribution in [1.82, 2.24) is 4.98 Å². The molecule has 0 fully saturated rings. The SMILES string of the molecule is COc1ncc(-c2cccc(C)c2)c2c(F)cccc12. The Hall–Kier alpha value is -2.42. The van der Waals surface area contributed by atoms with E-state index in [4.69, 9.17) is 4.74 Å². The summed E-state index contributed by atoms with van der Waals surface area (Å²) in [6, 6.07) is 12.9. The highest BCUT2D eigenvalue weighted by molar-refractivity contribution is 5.99. The monoisotopic (exact) mass is 267 g/mol. The Morgan fingerprint density at radius 2 is 1.90 bits per heavy atom. The summed E-state index contributed by atoms with van der Waals surface area (Å²) >= 11 is 0. The van der Waals surface area contributed by atoms with Crippen LogP contribution in [0, 0.1) is 12.7 Å². The van der Waals surface area contributed by atoms with E-state index >= 15 is 0 Å². The summed E-state index contributed by atoms with van der Waals surface area (Å²) in [5.41, 5.74) is 2.86. The molecule has 0 bridgehead atoms. The number of aryl methyl sites for hydroxylation is 1. The Kier molecular flexibility index (Phi) is 3.11. The quantitative estimate of drug-likeness (QED) is 0.688. The average Bonchev–Trinajstić information content (AvgIpc) is 2.46. The van der Waals surface area contributed by atoms with E-state index in [1.165, 1.54) is 6.07 Å². The molecule has 0 unspecified atom stereocenters. The minimum Gasteiger partial charge on any atom is -0.481 e. The van der Waals surface area contributed by atoms with Gasteiger partial charge in [-0.05, 0) is 24.6 Å². The molecule has 3 aromatic rings. The molecule has 0 amide bonds. The molecule has 2 nitrogen and oxygen atoms in total. The van der Waals surface area contributed by atoms with Gasteiger partial charge in [-0.2, -0.15) is 0 Å². The first-order valence-corrected chi connectivity index (χ1v) is 6.39. The maximum absolute atomic E-state index is 14.3. The fraction of sp³-hybridized carbons (Fsp3) is 0.118. The van der Waals surface area contributed by atoms with Crippen LogP contribution < -0.4 is 4.74 Å². The summed E-state index contributed by atoms with van der Waals surface area (Å²) in [6.07, 6.45) is 1.67. The third-order valence-corrected chi connectivity index (χ3v) is 3.35. The number of fused-ring (bicyclic) bond motifs is 1. The van der Waals surface area contributed by atoms with Crippen molar-refractivity contribution in [2.75, 3.05) is 7.11 Å². The van der Waals surface area contributed by atoms with Crippen LogP contribution in [0.5, 0.6) is 5.88 Å². The van der Waals surface area contributed by atoms with Gasteiger partial charge in [0.05, 0.1) is 7.11 Å². The fourth-order valence-corrected chi connectivity index (χ4v) is 2.43. The predicted molar refractivity (Wildman–Crippen MR) is 78.4 cm³/mol. The van der Waals surface area contributed by atoms with Gasteiger partial charge in [-0.25, -0.2) is 9.37 Å². The Balaban J connectivity index is 2.37. The number of aromatic nitrogens is 1. The van der Waals surface area contributed by atoms with Crippen molar-refractivity contribution in [1.29, 1.82) is 0 Å². The van der Waals surface area contributed by atoms with E-state index in [1.807, 2.05) is 37.3 Å². The predicted octanol–water partition coefficient (Wildman–Crippen LogP) is 4.36. The van der Waals surface area contributed by atoms with Gasteiger partial charge in [-0.1, -0.05) is 35.9 Å². The number of benzene rings is 2. The number of methoxy groups -OCH3 is 1. The topological polar surface area (TPSA) is 22.1 Å². The minimum atomic E-state index is -0.264. The summed E-state index contributed by atoms with van der Waals surface area (Å²) in [5, 5.41) is 1.23. The molecule has 0 saturated heterocycles. The van der Waals surface area contributed by atoms with Crippen molar-refractivity contribution in [3.63, 3.8) is 0 Å². The van der Waals surface area contributed by atoms with Crippen LogP contribution >= 0.6 is 0 Å². The molecular weight excluding hydrogens is 253 g/mol. The van der Waals surface area contributed by atoms with Gasteiger partial charge in [0.15, 0.2) is 0 Å². The van der Waals surface area contributed by atoms with Gasteiger partial charge in [0, 0.05) is 22.5 Å². The minimum absolute atomic E-state index is 0.264. The molecule has 0 aliphatic carbocycles. The Labute approximate surface area is 116 Å². The average molecular weight is 267 g/mol. The van der Waals surface area contributed by atoms with Crippen LogP contribution in [-0.4, -0.2) is 12.1 Å². The maximum atomic E-state index is 14.3. The zero-order chi connectivity index (χ0) is 14.1. The summed E-state index contributed by atoms with van der Waals surface area (Å²) in [6.45, 7) is 2.01. The van der Waals surface area contributed by atoms with Crippen molar-refractivity contribution >= 4 is 10.8 Å². The van der Waals surface area contributed by atoms with Gasteiger partial charge in [0.1, 0.15) is 5.82 Å². The molecule has 100 valence electrons. The van der Waals surface area contributed by atoms with Crippen molar-refractivity contribution in [3.05, 3.63) is 60.0 Å². The van der Waals surface area contributed by atoms with Crippen molar-refractivity contribution in [2.45, 2.75) is 6.92 Å². The largest absolute Gasteiger partial charge is 0.481 e. The van der Waals surface area contributed by atoms with Crippen molar-refractivity contribution in [3.8, 4) is 17.0 Å². The molecule has 2 aromatic carbocycles. The molecule has 0 N–H and O–H groups in total. The summed E-state index contributed by atoms with van der Waals surface area (Å²) in [4.78, 5) is 4.28. The number of rotatable bonds is 2. The molecule has 0 aliphatic rings. The van der Waals surface area contributed by atoms with Crippen LogP contribution in [0.4, 0.5) is 4.39 Å². The highest BCUT2D eigenvalue weighted by atomic mass is 19.1. The third kappa shape index (κ3) is 2.01. The first-order valence-electron chi connectivity index (χ1n) is 6.39. The van der Waals surface area contributed by atoms with E-state index in [2.05, 4.69) is 4.98 Å². The molecular formula is C17H14FNO. The number of nitrogens with zero attached hydrogens (tertiary/aromatic N) is 1. The maximum Gasteiger partial charge on any atom is 0.221 e. The molecule has 20 heavy (non-hydrogen) atoms. The van der Waals surface area contributed by atoms with Crippen LogP contribution in [0.1, 0.15) is 5.56 Å². The van der Waals surface area contributed by atoms with E-state index in [0.717, 1.165) is 16.7 Å². The standard InChI is InChI=1S/C17H14FNO/c1-11-5-3-6-12(9-11)14-10-19-17(20-2)13-7-4-8-15(18)16(13)14/h3-10H,1-2H3. The van der Waals surface area contributed by atoms with E-state index in [-0.39, 0.29) is 5.82 Å². The third-order valence-electron chi connectivity index (χ3n) is 3.35.